The molecule has 0 radical (unpaired) electrons. The maximum atomic E-state index is 5.19. The molecule has 0 N–H and O–H groups in total. The van der Waals surface area contributed by atoms with E-state index in [1.165, 1.54) is 12.0 Å². The summed E-state index contributed by atoms with van der Waals surface area (Å²) in [6.45, 7) is 0. The van der Waals surface area contributed by atoms with Crippen LogP contribution in [0.5, 0.6) is 5.75 Å². The lowest BCUT2D eigenvalue weighted by Crippen LogP contribution is -1.87. The van der Waals surface area contributed by atoms with Crippen molar-refractivity contribution in [2.24, 2.45) is 5.92 Å². The molecule has 1 aliphatic carbocycles. The van der Waals surface area contributed by atoms with Gasteiger partial charge >= 0.3 is 0 Å². The minimum absolute atomic E-state index is 0.759. The van der Waals surface area contributed by atoms with Crippen molar-refractivity contribution >= 4 is 15.9 Å². The summed E-state index contributed by atoms with van der Waals surface area (Å²) in [6.07, 6.45) is 1.32. The number of halogens is 1. The first-order chi connectivity index (χ1) is 6.35. The van der Waals surface area contributed by atoms with Gasteiger partial charge in [0, 0.05) is 5.33 Å². The van der Waals surface area contributed by atoms with Crippen LogP contribution in [0, 0.1) is 5.92 Å². The topological polar surface area (TPSA) is 9.23 Å². The molecule has 0 heterocycles. The summed E-state index contributed by atoms with van der Waals surface area (Å²) >= 11 is 3.52. The number of hydrogen-bond acceptors (Lipinski definition) is 1. The normalized spacial score (nSPS) is 25.7. The molecule has 2 rings (SSSR count). The van der Waals surface area contributed by atoms with Gasteiger partial charge in [0.1, 0.15) is 5.75 Å². The van der Waals surface area contributed by atoms with Gasteiger partial charge in [-0.2, -0.15) is 0 Å². The fourth-order valence-corrected chi connectivity index (χ4v) is 2.41. The van der Waals surface area contributed by atoms with Crippen molar-refractivity contribution < 1.29 is 4.74 Å². The minimum atomic E-state index is 0.759. The van der Waals surface area contributed by atoms with Gasteiger partial charge in [0.05, 0.1) is 7.11 Å². The predicted molar refractivity (Wildman–Crippen MR) is 57.6 cm³/mol. The fraction of sp³-hybridized carbons (Fsp3) is 0.455. The summed E-state index contributed by atoms with van der Waals surface area (Å²) in [7, 11) is 1.72. The van der Waals surface area contributed by atoms with Crippen molar-refractivity contribution in [1.82, 2.24) is 0 Å². The zero-order chi connectivity index (χ0) is 9.26. The van der Waals surface area contributed by atoms with E-state index < -0.39 is 0 Å². The van der Waals surface area contributed by atoms with Crippen LogP contribution in [0.25, 0.3) is 0 Å². The molecule has 1 aliphatic rings. The molecule has 0 aromatic heterocycles. The largest absolute Gasteiger partial charge is 0.497 e. The Labute approximate surface area is 87.2 Å². The zero-order valence-corrected chi connectivity index (χ0v) is 9.25. The monoisotopic (exact) mass is 240 g/mol. The lowest BCUT2D eigenvalue weighted by atomic mass is 10.1. The van der Waals surface area contributed by atoms with Crippen LogP contribution < -0.4 is 4.74 Å². The fourth-order valence-electron chi connectivity index (χ4n) is 1.70. The quantitative estimate of drug-likeness (QED) is 0.738. The van der Waals surface area contributed by atoms with E-state index in [1.54, 1.807) is 7.11 Å². The third kappa shape index (κ3) is 1.88. The number of alkyl halides is 1. The molecule has 0 bridgehead atoms. The average Bonchev–Trinajstić information content (AvgIpc) is 2.97. The highest BCUT2D eigenvalue weighted by molar-refractivity contribution is 9.09. The summed E-state index contributed by atoms with van der Waals surface area (Å²) < 4.78 is 5.19. The van der Waals surface area contributed by atoms with E-state index in [0.717, 1.165) is 22.9 Å². The first kappa shape index (κ1) is 9.07. The van der Waals surface area contributed by atoms with Gasteiger partial charge in [0.2, 0.25) is 0 Å². The first-order valence-electron chi connectivity index (χ1n) is 4.55. The molecule has 2 atom stereocenters. The summed E-state index contributed by atoms with van der Waals surface area (Å²) in [6, 6.07) is 8.40. The third-order valence-electron chi connectivity index (χ3n) is 2.64. The van der Waals surface area contributed by atoms with Gasteiger partial charge in [-0.3, -0.25) is 0 Å². The smallest absolute Gasteiger partial charge is 0.119 e. The number of ether oxygens (including phenoxy) is 1. The molecule has 1 fully saturated rings. The summed E-state index contributed by atoms with van der Waals surface area (Å²) in [4.78, 5) is 0. The third-order valence-corrected chi connectivity index (χ3v) is 3.47. The van der Waals surface area contributed by atoms with Crippen LogP contribution >= 0.6 is 15.9 Å². The molecule has 0 amide bonds. The van der Waals surface area contributed by atoms with Crippen LogP contribution in [0.3, 0.4) is 0 Å². The Morgan fingerprint density at radius 3 is 3.00 bits per heavy atom. The Kier molecular flexibility index (Phi) is 2.58. The number of methoxy groups -OCH3 is 1. The maximum Gasteiger partial charge on any atom is 0.119 e. The van der Waals surface area contributed by atoms with Gasteiger partial charge in [-0.25, -0.2) is 0 Å². The zero-order valence-electron chi connectivity index (χ0n) is 7.66. The SMILES string of the molecule is COc1cccc(C2CC2CBr)c1. The van der Waals surface area contributed by atoms with Crippen LogP contribution in [0.1, 0.15) is 17.9 Å². The summed E-state index contributed by atoms with van der Waals surface area (Å²) in [5, 5.41) is 1.12. The Hall–Kier alpha value is -0.500. The highest BCUT2D eigenvalue weighted by Gasteiger charge is 2.37. The van der Waals surface area contributed by atoms with E-state index in [9.17, 15) is 0 Å². The molecular weight excluding hydrogens is 228 g/mol. The lowest BCUT2D eigenvalue weighted by molar-refractivity contribution is 0.414. The van der Waals surface area contributed by atoms with Gasteiger partial charge in [-0.05, 0) is 36.0 Å². The van der Waals surface area contributed by atoms with Crippen molar-refractivity contribution in [2.75, 3.05) is 12.4 Å². The molecule has 1 saturated carbocycles. The van der Waals surface area contributed by atoms with Crippen LogP contribution in [0.4, 0.5) is 0 Å². The highest BCUT2D eigenvalue weighted by Crippen LogP contribution is 2.48. The van der Waals surface area contributed by atoms with E-state index in [0.29, 0.717) is 0 Å². The number of hydrogen-bond donors (Lipinski definition) is 0. The molecule has 2 unspecified atom stereocenters. The van der Waals surface area contributed by atoms with Crippen molar-refractivity contribution in [3.63, 3.8) is 0 Å². The van der Waals surface area contributed by atoms with Gasteiger partial charge < -0.3 is 4.74 Å². The second kappa shape index (κ2) is 3.70. The molecule has 1 aromatic rings. The molecule has 1 nitrogen and oxygen atoms in total. The highest BCUT2D eigenvalue weighted by atomic mass is 79.9. The molecule has 0 spiro atoms. The Morgan fingerprint density at radius 1 is 1.54 bits per heavy atom. The molecule has 13 heavy (non-hydrogen) atoms. The number of benzene rings is 1. The average molecular weight is 241 g/mol. The van der Waals surface area contributed by atoms with Crippen LogP contribution in [-0.4, -0.2) is 12.4 Å². The molecule has 1 aromatic carbocycles. The van der Waals surface area contributed by atoms with Crippen molar-refractivity contribution in [3.8, 4) is 5.75 Å². The summed E-state index contributed by atoms with van der Waals surface area (Å²) in [5.41, 5.74) is 1.42. The van der Waals surface area contributed by atoms with E-state index in [4.69, 9.17) is 4.74 Å². The Morgan fingerprint density at radius 2 is 2.38 bits per heavy atom. The van der Waals surface area contributed by atoms with Crippen LogP contribution in [0.15, 0.2) is 24.3 Å². The summed E-state index contributed by atoms with van der Waals surface area (Å²) in [5.74, 6) is 2.57. The molecule has 0 aliphatic heterocycles. The van der Waals surface area contributed by atoms with E-state index in [1.807, 2.05) is 6.07 Å². The van der Waals surface area contributed by atoms with Gasteiger partial charge in [0.25, 0.3) is 0 Å². The van der Waals surface area contributed by atoms with E-state index in [2.05, 4.69) is 34.1 Å². The second-order valence-electron chi connectivity index (χ2n) is 3.53. The van der Waals surface area contributed by atoms with Gasteiger partial charge in [0.15, 0.2) is 0 Å². The Balaban J connectivity index is 2.13. The Bertz CT molecular complexity index is 298. The van der Waals surface area contributed by atoms with Crippen molar-refractivity contribution in [3.05, 3.63) is 29.8 Å². The minimum Gasteiger partial charge on any atom is -0.497 e. The van der Waals surface area contributed by atoms with Gasteiger partial charge in [-0.1, -0.05) is 28.1 Å². The van der Waals surface area contributed by atoms with Gasteiger partial charge in [-0.15, -0.1) is 0 Å². The predicted octanol–water partition coefficient (Wildman–Crippen LogP) is 3.19. The molecular formula is C11H13BrO. The van der Waals surface area contributed by atoms with Crippen LogP contribution in [0.2, 0.25) is 0 Å². The molecule has 2 heteroatoms. The first-order valence-corrected chi connectivity index (χ1v) is 5.67. The second-order valence-corrected chi connectivity index (χ2v) is 4.18. The standard InChI is InChI=1S/C11H13BrO/c1-13-10-4-2-3-8(5-10)11-6-9(11)7-12/h2-5,9,11H,6-7H2,1H3. The van der Waals surface area contributed by atoms with E-state index >= 15 is 0 Å². The van der Waals surface area contributed by atoms with Crippen molar-refractivity contribution in [2.45, 2.75) is 12.3 Å². The number of rotatable bonds is 3. The lowest BCUT2D eigenvalue weighted by Gasteiger charge is -2.02. The molecule has 70 valence electrons. The molecule has 0 saturated heterocycles. The van der Waals surface area contributed by atoms with Crippen LogP contribution in [-0.2, 0) is 0 Å². The van der Waals surface area contributed by atoms with E-state index in [-0.39, 0.29) is 0 Å². The maximum absolute atomic E-state index is 5.19. The van der Waals surface area contributed by atoms with Crippen molar-refractivity contribution in [1.29, 1.82) is 0 Å².